The van der Waals surface area contributed by atoms with Crippen LogP contribution >= 0.6 is 11.3 Å². The van der Waals surface area contributed by atoms with Crippen LogP contribution in [0.25, 0.3) is 10.6 Å². The Balaban J connectivity index is 1.63. The third-order valence-corrected chi connectivity index (χ3v) is 4.66. The highest BCUT2D eigenvalue weighted by Crippen LogP contribution is 2.25. The first kappa shape index (κ1) is 15.5. The standard InChI is InChI=1S/C18H18N2O2S/c1-2-13(14-7-4-3-5-8-14)12-19-18(21)15-11-16(22-20-15)17-9-6-10-23-17/h3-11,13H,2,12H2,1H3,(H,19,21)/t13-/m0/s1. The first-order valence-corrected chi connectivity index (χ1v) is 8.49. The molecule has 1 amide bonds. The molecular weight excluding hydrogens is 308 g/mol. The zero-order valence-electron chi connectivity index (χ0n) is 12.9. The van der Waals surface area contributed by atoms with E-state index in [1.54, 1.807) is 17.4 Å². The normalized spacial score (nSPS) is 12.0. The molecule has 0 aliphatic rings. The van der Waals surface area contributed by atoms with Crippen LogP contribution in [0.5, 0.6) is 0 Å². The summed E-state index contributed by atoms with van der Waals surface area (Å²) >= 11 is 1.55. The Kier molecular flexibility index (Phi) is 4.88. The molecule has 23 heavy (non-hydrogen) atoms. The minimum absolute atomic E-state index is 0.203. The van der Waals surface area contributed by atoms with Crippen molar-refractivity contribution in [3.05, 3.63) is 65.2 Å². The number of benzene rings is 1. The van der Waals surface area contributed by atoms with Crippen LogP contribution in [0.15, 0.2) is 58.4 Å². The van der Waals surface area contributed by atoms with Crippen molar-refractivity contribution in [3.8, 4) is 10.6 Å². The van der Waals surface area contributed by atoms with Gasteiger partial charge in [0.2, 0.25) is 0 Å². The van der Waals surface area contributed by atoms with Crippen LogP contribution in [0.4, 0.5) is 0 Å². The third kappa shape index (κ3) is 3.68. The van der Waals surface area contributed by atoms with E-state index in [4.69, 9.17) is 4.52 Å². The van der Waals surface area contributed by atoms with E-state index >= 15 is 0 Å². The van der Waals surface area contributed by atoms with Gasteiger partial charge in [-0.25, -0.2) is 0 Å². The quantitative estimate of drug-likeness (QED) is 0.733. The first-order valence-electron chi connectivity index (χ1n) is 7.61. The smallest absolute Gasteiger partial charge is 0.273 e. The Morgan fingerprint density at radius 1 is 1.26 bits per heavy atom. The lowest BCUT2D eigenvalue weighted by molar-refractivity contribution is 0.0942. The summed E-state index contributed by atoms with van der Waals surface area (Å²) in [5, 5.41) is 8.78. The van der Waals surface area contributed by atoms with Crippen molar-refractivity contribution in [2.45, 2.75) is 19.3 Å². The fraction of sp³-hybridized carbons (Fsp3) is 0.222. The number of carbonyl (C=O) groups is 1. The van der Waals surface area contributed by atoms with Gasteiger partial charge < -0.3 is 9.84 Å². The zero-order chi connectivity index (χ0) is 16.1. The van der Waals surface area contributed by atoms with E-state index in [2.05, 4.69) is 29.5 Å². The Morgan fingerprint density at radius 3 is 2.78 bits per heavy atom. The molecule has 5 heteroatoms. The average Bonchev–Trinajstić information content (AvgIpc) is 3.27. The Labute approximate surface area is 139 Å². The van der Waals surface area contributed by atoms with Gasteiger partial charge in [0.1, 0.15) is 0 Å². The molecule has 118 valence electrons. The number of carbonyl (C=O) groups excluding carboxylic acids is 1. The van der Waals surface area contributed by atoms with Crippen LogP contribution in [0.3, 0.4) is 0 Å². The Bertz CT molecular complexity index is 750. The monoisotopic (exact) mass is 326 g/mol. The van der Waals surface area contributed by atoms with Gasteiger partial charge in [0, 0.05) is 18.5 Å². The number of nitrogens with zero attached hydrogens (tertiary/aromatic N) is 1. The molecular formula is C18H18N2O2S. The maximum atomic E-state index is 12.2. The van der Waals surface area contributed by atoms with Crippen molar-refractivity contribution < 1.29 is 9.32 Å². The lowest BCUT2D eigenvalue weighted by Gasteiger charge is -2.15. The van der Waals surface area contributed by atoms with E-state index in [-0.39, 0.29) is 5.91 Å². The van der Waals surface area contributed by atoms with Gasteiger partial charge in [0.05, 0.1) is 4.88 Å². The fourth-order valence-electron chi connectivity index (χ4n) is 2.45. The van der Waals surface area contributed by atoms with Crippen molar-refractivity contribution in [1.29, 1.82) is 0 Å². The molecule has 0 spiro atoms. The van der Waals surface area contributed by atoms with Crippen molar-refractivity contribution in [2.75, 3.05) is 6.54 Å². The molecule has 2 aromatic heterocycles. The highest BCUT2D eigenvalue weighted by molar-refractivity contribution is 7.13. The number of hydrogen-bond acceptors (Lipinski definition) is 4. The maximum absolute atomic E-state index is 12.2. The van der Waals surface area contributed by atoms with Gasteiger partial charge in [0.15, 0.2) is 11.5 Å². The molecule has 1 N–H and O–H groups in total. The van der Waals surface area contributed by atoms with Gasteiger partial charge >= 0.3 is 0 Å². The minimum Gasteiger partial charge on any atom is -0.355 e. The topological polar surface area (TPSA) is 55.1 Å². The molecule has 3 aromatic rings. The summed E-state index contributed by atoms with van der Waals surface area (Å²) in [5.41, 5.74) is 1.55. The van der Waals surface area contributed by atoms with Crippen molar-refractivity contribution >= 4 is 17.2 Å². The van der Waals surface area contributed by atoms with Gasteiger partial charge in [0.25, 0.3) is 5.91 Å². The van der Waals surface area contributed by atoms with E-state index < -0.39 is 0 Å². The second-order valence-corrected chi connectivity index (χ2v) is 6.23. The number of rotatable bonds is 6. The van der Waals surface area contributed by atoms with Crippen LogP contribution in [-0.2, 0) is 0 Å². The molecule has 4 nitrogen and oxygen atoms in total. The van der Waals surface area contributed by atoms with E-state index in [0.717, 1.165) is 11.3 Å². The molecule has 0 aliphatic carbocycles. The summed E-state index contributed by atoms with van der Waals surface area (Å²) in [6.45, 7) is 2.70. The molecule has 0 bridgehead atoms. The summed E-state index contributed by atoms with van der Waals surface area (Å²) in [6, 6.07) is 15.8. The molecule has 1 atom stereocenters. The average molecular weight is 326 g/mol. The molecule has 0 aliphatic heterocycles. The highest BCUT2D eigenvalue weighted by Gasteiger charge is 2.16. The van der Waals surface area contributed by atoms with E-state index in [0.29, 0.717) is 23.9 Å². The predicted octanol–water partition coefficient (Wildman–Crippen LogP) is 4.33. The second kappa shape index (κ2) is 7.24. The van der Waals surface area contributed by atoms with Crippen LogP contribution < -0.4 is 5.32 Å². The van der Waals surface area contributed by atoms with Gasteiger partial charge in [-0.3, -0.25) is 4.79 Å². The molecule has 1 aromatic carbocycles. The SMILES string of the molecule is CC[C@@H](CNC(=O)c1cc(-c2cccs2)on1)c1ccccc1. The molecule has 0 fully saturated rings. The molecule has 0 saturated carbocycles. The van der Waals surface area contributed by atoms with E-state index in [1.165, 1.54) is 5.56 Å². The summed E-state index contributed by atoms with van der Waals surface area (Å²) < 4.78 is 5.25. The summed E-state index contributed by atoms with van der Waals surface area (Å²) in [5.74, 6) is 0.718. The maximum Gasteiger partial charge on any atom is 0.273 e. The first-order chi connectivity index (χ1) is 11.3. The Hall–Kier alpha value is -2.40. The fourth-order valence-corrected chi connectivity index (χ4v) is 3.12. The summed E-state index contributed by atoms with van der Waals surface area (Å²) in [7, 11) is 0. The lowest BCUT2D eigenvalue weighted by Crippen LogP contribution is -2.28. The van der Waals surface area contributed by atoms with Gasteiger partial charge in [-0.2, -0.15) is 0 Å². The molecule has 0 unspecified atom stereocenters. The van der Waals surface area contributed by atoms with Gasteiger partial charge in [-0.05, 0) is 23.4 Å². The Morgan fingerprint density at radius 2 is 2.09 bits per heavy atom. The van der Waals surface area contributed by atoms with Crippen LogP contribution in [0.1, 0.15) is 35.3 Å². The predicted molar refractivity (Wildman–Crippen MR) is 91.6 cm³/mol. The van der Waals surface area contributed by atoms with Crippen LogP contribution in [0, 0.1) is 0 Å². The molecule has 3 rings (SSSR count). The van der Waals surface area contributed by atoms with Crippen LogP contribution in [-0.4, -0.2) is 17.6 Å². The highest BCUT2D eigenvalue weighted by atomic mass is 32.1. The molecule has 2 heterocycles. The lowest BCUT2D eigenvalue weighted by atomic mass is 9.96. The van der Waals surface area contributed by atoms with Crippen molar-refractivity contribution in [1.82, 2.24) is 10.5 Å². The third-order valence-electron chi connectivity index (χ3n) is 3.78. The second-order valence-electron chi connectivity index (χ2n) is 5.28. The summed E-state index contributed by atoms with van der Waals surface area (Å²) in [6.07, 6.45) is 0.962. The van der Waals surface area contributed by atoms with E-state index in [1.807, 2.05) is 35.7 Å². The van der Waals surface area contributed by atoms with Gasteiger partial charge in [-0.1, -0.05) is 48.5 Å². The number of thiophene rings is 1. The molecule has 0 saturated heterocycles. The number of nitrogens with one attached hydrogen (secondary N) is 1. The summed E-state index contributed by atoms with van der Waals surface area (Å²) in [4.78, 5) is 13.2. The zero-order valence-corrected chi connectivity index (χ0v) is 13.7. The van der Waals surface area contributed by atoms with Crippen molar-refractivity contribution in [3.63, 3.8) is 0 Å². The van der Waals surface area contributed by atoms with Crippen LogP contribution in [0.2, 0.25) is 0 Å². The van der Waals surface area contributed by atoms with Crippen molar-refractivity contribution in [2.24, 2.45) is 0 Å². The number of amides is 1. The van der Waals surface area contributed by atoms with E-state index in [9.17, 15) is 4.79 Å². The largest absolute Gasteiger partial charge is 0.355 e. The minimum atomic E-state index is -0.203. The number of hydrogen-bond donors (Lipinski definition) is 1. The van der Waals surface area contributed by atoms with Gasteiger partial charge in [-0.15, -0.1) is 11.3 Å². The number of aromatic nitrogens is 1. The molecule has 0 radical (unpaired) electrons.